The molecular formula is C16H23N3S. The third kappa shape index (κ3) is 3.58. The molecule has 2 N–H and O–H groups in total. The van der Waals surface area contributed by atoms with E-state index in [-0.39, 0.29) is 6.04 Å². The lowest BCUT2D eigenvalue weighted by atomic mass is 10.0. The lowest BCUT2D eigenvalue weighted by Gasteiger charge is -2.22. The maximum atomic E-state index is 5.86. The highest BCUT2D eigenvalue weighted by atomic mass is 32.1. The van der Waals surface area contributed by atoms with Gasteiger partial charge in [0.2, 0.25) is 0 Å². The molecule has 4 heteroatoms. The SMILES string of the molecule is Cc1cc(CC(C)N)ccc1N(C)Cc1scnc1C. The Balaban J connectivity index is 2.14. The van der Waals surface area contributed by atoms with Crippen LogP contribution in [0.5, 0.6) is 0 Å². The quantitative estimate of drug-likeness (QED) is 0.918. The topological polar surface area (TPSA) is 42.1 Å². The van der Waals surface area contributed by atoms with Crippen molar-refractivity contribution in [1.29, 1.82) is 0 Å². The molecule has 0 saturated carbocycles. The minimum absolute atomic E-state index is 0.206. The predicted molar refractivity (Wildman–Crippen MR) is 87.5 cm³/mol. The van der Waals surface area contributed by atoms with E-state index in [2.05, 4.69) is 49.0 Å². The maximum Gasteiger partial charge on any atom is 0.0798 e. The third-order valence-corrected chi connectivity index (χ3v) is 4.38. The van der Waals surface area contributed by atoms with Crippen molar-refractivity contribution >= 4 is 17.0 Å². The van der Waals surface area contributed by atoms with Gasteiger partial charge in [-0.2, -0.15) is 0 Å². The first-order chi connectivity index (χ1) is 9.47. The molecule has 1 heterocycles. The van der Waals surface area contributed by atoms with Crippen LogP contribution in [-0.4, -0.2) is 18.1 Å². The molecule has 0 aliphatic rings. The van der Waals surface area contributed by atoms with Gasteiger partial charge in [0.25, 0.3) is 0 Å². The van der Waals surface area contributed by atoms with Gasteiger partial charge in [0.05, 0.1) is 17.7 Å². The van der Waals surface area contributed by atoms with Gasteiger partial charge in [0.15, 0.2) is 0 Å². The molecule has 3 nitrogen and oxygen atoms in total. The number of hydrogen-bond acceptors (Lipinski definition) is 4. The summed E-state index contributed by atoms with van der Waals surface area (Å²) >= 11 is 1.72. The van der Waals surface area contributed by atoms with Crippen molar-refractivity contribution in [3.63, 3.8) is 0 Å². The van der Waals surface area contributed by atoms with Gasteiger partial charge in [-0.3, -0.25) is 0 Å². The summed E-state index contributed by atoms with van der Waals surface area (Å²) in [6.07, 6.45) is 0.929. The van der Waals surface area contributed by atoms with Crippen molar-refractivity contribution in [2.45, 2.75) is 39.8 Å². The summed E-state index contributed by atoms with van der Waals surface area (Å²) in [7, 11) is 2.13. The number of benzene rings is 1. The molecule has 1 aromatic carbocycles. The van der Waals surface area contributed by atoms with Crippen LogP contribution in [0.4, 0.5) is 5.69 Å². The molecule has 1 unspecified atom stereocenters. The van der Waals surface area contributed by atoms with Gasteiger partial charge >= 0.3 is 0 Å². The summed E-state index contributed by atoms with van der Waals surface area (Å²) in [4.78, 5) is 7.92. The van der Waals surface area contributed by atoms with Crippen LogP contribution >= 0.6 is 11.3 Å². The summed E-state index contributed by atoms with van der Waals surface area (Å²) in [5, 5.41) is 0. The molecule has 0 aliphatic heterocycles. The van der Waals surface area contributed by atoms with Crippen molar-refractivity contribution < 1.29 is 0 Å². The minimum atomic E-state index is 0.206. The van der Waals surface area contributed by atoms with Crippen LogP contribution < -0.4 is 10.6 Å². The van der Waals surface area contributed by atoms with Gasteiger partial charge < -0.3 is 10.6 Å². The van der Waals surface area contributed by atoms with Crippen molar-refractivity contribution in [1.82, 2.24) is 4.98 Å². The third-order valence-electron chi connectivity index (χ3n) is 3.46. The Morgan fingerprint density at radius 1 is 1.35 bits per heavy atom. The molecular weight excluding hydrogens is 266 g/mol. The summed E-state index contributed by atoms with van der Waals surface area (Å²) in [6, 6.07) is 6.83. The first kappa shape index (κ1) is 15.0. The highest BCUT2D eigenvalue weighted by Gasteiger charge is 2.09. The van der Waals surface area contributed by atoms with Crippen molar-refractivity contribution in [3.05, 3.63) is 45.4 Å². The molecule has 0 radical (unpaired) electrons. The largest absolute Gasteiger partial charge is 0.369 e. The van der Waals surface area contributed by atoms with E-state index in [1.807, 2.05) is 12.4 Å². The van der Waals surface area contributed by atoms with Crippen molar-refractivity contribution in [2.24, 2.45) is 5.73 Å². The molecule has 0 amide bonds. The Kier molecular flexibility index (Phi) is 4.78. The number of aryl methyl sites for hydroxylation is 2. The monoisotopic (exact) mass is 289 g/mol. The van der Waals surface area contributed by atoms with Gasteiger partial charge in [-0.25, -0.2) is 4.98 Å². The van der Waals surface area contributed by atoms with Crippen LogP contribution in [0.2, 0.25) is 0 Å². The van der Waals surface area contributed by atoms with Crippen molar-refractivity contribution in [2.75, 3.05) is 11.9 Å². The maximum absolute atomic E-state index is 5.86. The van der Waals surface area contributed by atoms with E-state index in [1.165, 1.54) is 21.7 Å². The number of anilines is 1. The fourth-order valence-corrected chi connectivity index (χ4v) is 3.25. The van der Waals surface area contributed by atoms with Gasteiger partial charge in [0, 0.05) is 23.7 Å². The van der Waals surface area contributed by atoms with Crippen molar-refractivity contribution in [3.8, 4) is 0 Å². The molecule has 0 fully saturated rings. The zero-order valence-corrected chi connectivity index (χ0v) is 13.5. The van der Waals surface area contributed by atoms with Crippen LogP contribution in [0.1, 0.15) is 28.6 Å². The van der Waals surface area contributed by atoms with Crippen LogP contribution in [0, 0.1) is 13.8 Å². The zero-order valence-electron chi connectivity index (χ0n) is 12.7. The molecule has 0 spiro atoms. The lowest BCUT2D eigenvalue weighted by Crippen LogP contribution is -2.19. The van der Waals surface area contributed by atoms with Crippen LogP contribution in [0.15, 0.2) is 23.7 Å². The summed E-state index contributed by atoms with van der Waals surface area (Å²) < 4.78 is 0. The second-order valence-electron chi connectivity index (χ2n) is 5.52. The number of hydrogen-bond donors (Lipinski definition) is 1. The number of nitrogens with zero attached hydrogens (tertiary/aromatic N) is 2. The normalized spacial score (nSPS) is 12.4. The van der Waals surface area contributed by atoms with E-state index in [1.54, 1.807) is 11.3 Å². The molecule has 2 rings (SSSR count). The second-order valence-corrected chi connectivity index (χ2v) is 6.46. The molecule has 20 heavy (non-hydrogen) atoms. The van der Waals surface area contributed by atoms with E-state index < -0.39 is 0 Å². The van der Waals surface area contributed by atoms with Crippen LogP contribution in [0.3, 0.4) is 0 Å². The fourth-order valence-electron chi connectivity index (χ4n) is 2.42. The van der Waals surface area contributed by atoms with Gasteiger partial charge in [-0.05, 0) is 44.4 Å². The number of nitrogens with two attached hydrogens (primary N) is 1. The number of aromatic nitrogens is 1. The molecule has 1 aromatic heterocycles. The smallest absolute Gasteiger partial charge is 0.0798 e. The Morgan fingerprint density at radius 3 is 2.65 bits per heavy atom. The van der Waals surface area contributed by atoms with E-state index in [4.69, 9.17) is 5.73 Å². The van der Waals surface area contributed by atoms with Crippen LogP contribution in [-0.2, 0) is 13.0 Å². The number of thiazole rings is 1. The highest BCUT2D eigenvalue weighted by molar-refractivity contribution is 7.09. The first-order valence-electron chi connectivity index (χ1n) is 6.92. The molecule has 0 saturated heterocycles. The molecule has 0 bridgehead atoms. The molecule has 1 atom stereocenters. The van der Waals surface area contributed by atoms with Crippen LogP contribution in [0.25, 0.3) is 0 Å². The average Bonchev–Trinajstić information content (AvgIpc) is 2.74. The first-order valence-corrected chi connectivity index (χ1v) is 7.80. The second kappa shape index (κ2) is 6.37. The summed E-state index contributed by atoms with van der Waals surface area (Å²) in [6.45, 7) is 7.18. The van der Waals surface area contributed by atoms with Gasteiger partial charge in [-0.15, -0.1) is 11.3 Å². The Hall–Kier alpha value is -1.39. The molecule has 108 valence electrons. The van der Waals surface area contributed by atoms with E-state index in [0.717, 1.165) is 18.7 Å². The van der Waals surface area contributed by atoms with E-state index >= 15 is 0 Å². The fraction of sp³-hybridized carbons (Fsp3) is 0.438. The standard InChI is InChI=1S/C16H23N3S/c1-11-7-14(8-12(2)17)5-6-15(11)19(4)9-16-13(3)18-10-20-16/h5-7,10,12H,8-9,17H2,1-4H3. The highest BCUT2D eigenvalue weighted by Crippen LogP contribution is 2.24. The Bertz CT molecular complexity index is 575. The van der Waals surface area contributed by atoms with E-state index in [9.17, 15) is 0 Å². The van der Waals surface area contributed by atoms with Gasteiger partial charge in [-0.1, -0.05) is 12.1 Å². The van der Waals surface area contributed by atoms with E-state index in [0.29, 0.717) is 0 Å². The number of rotatable bonds is 5. The Labute approximate surface area is 125 Å². The minimum Gasteiger partial charge on any atom is -0.369 e. The Morgan fingerprint density at radius 2 is 2.10 bits per heavy atom. The van der Waals surface area contributed by atoms with Gasteiger partial charge in [0.1, 0.15) is 0 Å². The summed E-state index contributed by atoms with van der Waals surface area (Å²) in [5.41, 5.74) is 12.8. The zero-order chi connectivity index (χ0) is 14.7. The molecule has 2 aromatic rings. The molecule has 0 aliphatic carbocycles. The predicted octanol–water partition coefficient (Wildman–Crippen LogP) is 3.29. The average molecular weight is 289 g/mol. The lowest BCUT2D eigenvalue weighted by molar-refractivity contribution is 0.737. The summed E-state index contributed by atoms with van der Waals surface area (Å²) in [5.74, 6) is 0.